The molecule has 5 N–H and O–H groups in total. The van der Waals surface area contributed by atoms with Gasteiger partial charge in [0.15, 0.2) is 11.6 Å². The van der Waals surface area contributed by atoms with Crippen molar-refractivity contribution >= 4 is 81.3 Å². The Balaban J connectivity index is 0.00000111. The largest absolute Gasteiger partial charge is 0.496 e. The first kappa shape index (κ1) is 69.7. The average Bonchev–Trinajstić information content (AvgIpc) is 3.36. The molecule has 0 unspecified atom stereocenters. The van der Waals surface area contributed by atoms with Gasteiger partial charge in [-0.1, -0.05) is 45.2 Å². The van der Waals surface area contributed by atoms with Crippen LogP contribution in [0.4, 0.5) is 60.1 Å². The van der Waals surface area contributed by atoms with Crippen LogP contribution in [-0.2, 0) is 15.8 Å². The van der Waals surface area contributed by atoms with Crippen molar-refractivity contribution in [2.45, 2.75) is 42.0 Å². The van der Waals surface area contributed by atoms with Crippen LogP contribution < -0.4 is 35.9 Å². The minimum Gasteiger partial charge on any atom is -0.496 e. The van der Waals surface area contributed by atoms with E-state index in [0.717, 1.165) is 24.3 Å². The molecule has 79 heavy (non-hydrogen) atoms. The third-order valence-electron chi connectivity index (χ3n) is 10.00. The number of aliphatic hydroxyl groups is 1. The number of amides is 1. The lowest BCUT2D eigenvalue weighted by atomic mass is 10.1. The molecule has 6 aromatic rings. The van der Waals surface area contributed by atoms with E-state index in [4.69, 9.17) is 36.7 Å². The maximum absolute atomic E-state index is 12.7. The van der Waals surface area contributed by atoms with Crippen molar-refractivity contribution in [3.63, 3.8) is 0 Å². The van der Waals surface area contributed by atoms with Crippen LogP contribution >= 0.6 is 18.7 Å². The SMILES string of the molecule is C.C.C=CC(=O)Nc1cc(Cc2ncc(Cl)c(Nc3ccccc3P(C)(C)=O)n2)c(OC)cc1C.CO.COc1cc(C)c([N+](=O)[O-])cc1N.COc1cc(C)c([N+](=O)[O-])cc1[N+](=O)[O-].O=[N+]([O-])c1cc([N+](=O)[O-])c(F)cc1F. The molecular formula is C49H58ClF2N10O16P. The minimum atomic E-state index is -2.52. The fraction of sp³-hybridized carbons (Fsp3) is 0.245. The lowest BCUT2D eigenvalue weighted by Crippen LogP contribution is -2.11. The number of nitrogens with one attached hydrogen (secondary N) is 2. The van der Waals surface area contributed by atoms with Gasteiger partial charge in [-0.05, 0) is 82.1 Å². The molecule has 1 heterocycles. The van der Waals surface area contributed by atoms with Crippen LogP contribution in [0.1, 0.15) is 42.9 Å². The van der Waals surface area contributed by atoms with Crippen molar-refractivity contribution in [3.8, 4) is 17.2 Å². The van der Waals surface area contributed by atoms with Crippen LogP contribution in [0, 0.1) is 83.0 Å². The van der Waals surface area contributed by atoms with Crippen molar-refractivity contribution in [3.05, 3.63) is 187 Å². The van der Waals surface area contributed by atoms with Gasteiger partial charge < -0.3 is 40.2 Å². The zero-order chi connectivity index (χ0) is 58.6. The topological polar surface area (TPSA) is 374 Å². The number of hydrogen-bond acceptors (Lipinski definition) is 20. The Morgan fingerprint density at radius 3 is 1.63 bits per heavy atom. The zero-order valence-corrected chi connectivity index (χ0v) is 44.0. The Labute approximate surface area is 456 Å². The van der Waals surface area contributed by atoms with E-state index in [1.54, 1.807) is 33.4 Å². The fourth-order valence-electron chi connectivity index (χ4n) is 6.32. The minimum absolute atomic E-state index is 0. The number of para-hydroxylation sites is 1. The van der Waals surface area contributed by atoms with Gasteiger partial charge in [0, 0.05) is 53.3 Å². The van der Waals surface area contributed by atoms with E-state index in [1.165, 1.54) is 45.5 Å². The third-order valence-corrected chi connectivity index (χ3v) is 11.8. The van der Waals surface area contributed by atoms with Crippen molar-refractivity contribution in [2.24, 2.45) is 0 Å². The molecule has 6 rings (SSSR count). The first-order chi connectivity index (χ1) is 36.1. The molecule has 0 bridgehead atoms. The second-order valence-corrected chi connectivity index (χ2v) is 19.1. The molecule has 30 heteroatoms. The highest BCUT2D eigenvalue weighted by Gasteiger charge is 2.26. The molecule has 1 aromatic heterocycles. The molecule has 0 aliphatic carbocycles. The van der Waals surface area contributed by atoms with Gasteiger partial charge in [0.1, 0.15) is 35.6 Å². The summed E-state index contributed by atoms with van der Waals surface area (Å²) in [5, 5.41) is 65.9. The first-order valence-electron chi connectivity index (χ1n) is 21.4. The number of aryl methyl sites for hydroxylation is 3. The van der Waals surface area contributed by atoms with Gasteiger partial charge in [-0.2, -0.15) is 8.78 Å². The standard InChI is InChI=1S/C24H26ClN4O3P.C8H8N2O5.C8H10N2O3.C6H2F2N2O4.CH4O.2CH4/c1-6-23(30)27-19-12-16(20(32-3)11-15(19)2)13-22-26-14-17(25)24(29-22)28-18-9-7-8-10-21(18)33(4,5)31;1-5-3-8(15-2)7(10(13)14)4-6(5)9(11)12;1-5-3-8(13-2)6(9)4-7(5)10(11)12;7-3-1-4(8)6(10(13)14)2-5(3)9(11)12;1-2;;/h6-12,14H,1,13H2,2-5H3,(H,27,30)(H,26,28,29);3-4H,1-2H3;3-4H,9H2,1-2H3;1-2H;2H,1H3;2*1H4. The fourth-order valence-corrected chi connectivity index (χ4v) is 7.62. The maximum Gasteiger partial charge on any atom is 0.317 e. The number of methoxy groups -OCH3 is 3. The molecule has 0 radical (unpaired) electrons. The van der Waals surface area contributed by atoms with E-state index in [1.807, 2.05) is 43.3 Å². The summed E-state index contributed by atoms with van der Waals surface area (Å²) in [6.07, 6.45) is 3.08. The number of carbonyl (C=O) groups is 1. The summed E-state index contributed by atoms with van der Waals surface area (Å²) < 4.78 is 53.2. The molecule has 5 aromatic carbocycles. The highest BCUT2D eigenvalue weighted by atomic mass is 35.5. The summed E-state index contributed by atoms with van der Waals surface area (Å²) in [7, 11) is 2.81. The predicted molar refractivity (Wildman–Crippen MR) is 296 cm³/mol. The Bertz CT molecular complexity index is 3220. The number of halogens is 3. The number of benzene rings is 5. The van der Waals surface area contributed by atoms with E-state index < -0.39 is 60.5 Å². The van der Waals surface area contributed by atoms with Gasteiger partial charge in [-0.15, -0.1) is 0 Å². The van der Waals surface area contributed by atoms with Gasteiger partial charge in [-0.25, -0.2) is 9.97 Å². The number of ether oxygens (including phenoxy) is 3. The lowest BCUT2D eigenvalue weighted by Gasteiger charge is -2.16. The highest BCUT2D eigenvalue weighted by Crippen LogP contribution is 2.39. The smallest absolute Gasteiger partial charge is 0.317 e. The van der Waals surface area contributed by atoms with Gasteiger partial charge in [0.25, 0.3) is 11.4 Å². The summed E-state index contributed by atoms with van der Waals surface area (Å²) >= 11 is 6.36. The van der Waals surface area contributed by atoms with E-state index in [-0.39, 0.29) is 55.7 Å². The highest BCUT2D eigenvalue weighted by molar-refractivity contribution is 7.70. The van der Waals surface area contributed by atoms with Crippen molar-refractivity contribution in [1.29, 1.82) is 0 Å². The average molecular weight is 1150 g/mol. The van der Waals surface area contributed by atoms with Gasteiger partial charge in [-0.3, -0.25) is 55.4 Å². The van der Waals surface area contributed by atoms with E-state index in [9.17, 15) is 68.7 Å². The summed E-state index contributed by atoms with van der Waals surface area (Å²) in [5.41, 5.74) is 6.69. The Kier molecular flexibility index (Phi) is 28.0. The van der Waals surface area contributed by atoms with Crippen molar-refractivity contribution < 1.29 is 62.1 Å². The molecule has 0 saturated carbocycles. The number of nitrogens with two attached hydrogens (primary N) is 1. The number of aliphatic hydroxyl groups excluding tert-OH is 1. The lowest BCUT2D eigenvalue weighted by molar-refractivity contribution is -0.397. The molecule has 0 aliphatic rings. The van der Waals surface area contributed by atoms with Gasteiger partial charge in [0.05, 0.1) is 69.6 Å². The molecule has 0 fully saturated rings. The second kappa shape index (κ2) is 31.7. The third kappa shape index (κ3) is 19.7. The number of hydrogen-bond donors (Lipinski definition) is 4. The molecular weight excluding hydrogens is 1090 g/mol. The summed E-state index contributed by atoms with van der Waals surface area (Å²) in [6, 6.07) is 16.4. The number of nitrogen functional groups attached to an aromatic ring is 1. The Hall–Kier alpha value is -9.27. The monoisotopic (exact) mass is 1150 g/mol. The number of aromatic nitrogens is 2. The van der Waals surface area contributed by atoms with Gasteiger partial charge in [0.2, 0.25) is 17.5 Å². The quantitative estimate of drug-likeness (QED) is 0.0244. The molecule has 0 aliphatic heterocycles. The summed E-state index contributed by atoms with van der Waals surface area (Å²) in [6.45, 7) is 11.9. The number of rotatable bonds is 15. The first-order valence-corrected chi connectivity index (χ1v) is 24.4. The van der Waals surface area contributed by atoms with E-state index in [2.05, 4.69) is 27.2 Å². The molecule has 0 spiro atoms. The van der Waals surface area contributed by atoms with Crippen molar-refractivity contribution in [2.75, 3.05) is 58.1 Å². The van der Waals surface area contributed by atoms with Crippen LogP contribution in [0.15, 0.2) is 91.6 Å². The summed E-state index contributed by atoms with van der Waals surface area (Å²) in [4.78, 5) is 68.4. The molecule has 1 amide bonds. The zero-order valence-electron chi connectivity index (χ0n) is 42.4. The number of nitro benzene ring substituents is 5. The van der Waals surface area contributed by atoms with Crippen LogP contribution in [0.5, 0.6) is 17.2 Å². The van der Waals surface area contributed by atoms with Crippen LogP contribution in [-0.4, -0.2) is 87.4 Å². The second-order valence-electron chi connectivity index (χ2n) is 15.6. The van der Waals surface area contributed by atoms with Crippen LogP contribution in [0.25, 0.3) is 0 Å². The number of nitrogens with zero attached hydrogens (tertiary/aromatic N) is 7. The maximum atomic E-state index is 12.7. The number of carbonyl (C=O) groups excluding carboxylic acids is 1. The van der Waals surface area contributed by atoms with E-state index in [0.29, 0.717) is 62.4 Å². The van der Waals surface area contributed by atoms with Gasteiger partial charge >= 0.3 is 17.1 Å². The Morgan fingerprint density at radius 2 is 1.16 bits per heavy atom. The number of anilines is 4. The van der Waals surface area contributed by atoms with Crippen molar-refractivity contribution in [1.82, 2.24) is 9.97 Å². The van der Waals surface area contributed by atoms with Crippen LogP contribution in [0.3, 0.4) is 0 Å². The molecule has 26 nitrogen and oxygen atoms in total. The molecule has 0 atom stereocenters. The van der Waals surface area contributed by atoms with Crippen LogP contribution in [0.2, 0.25) is 5.02 Å². The number of nitro groups is 5. The predicted octanol–water partition coefficient (Wildman–Crippen LogP) is 11.1. The molecule has 0 saturated heterocycles. The Morgan fingerprint density at radius 1 is 0.709 bits per heavy atom. The summed E-state index contributed by atoms with van der Waals surface area (Å²) in [5.74, 6) is -1.15. The normalized spacial score (nSPS) is 9.89. The van der Waals surface area contributed by atoms with E-state index >= 15 is 0 Å². The molecule has 426 valence electrons.